The van der Waals surface area contributed by atoms with Crippen LogP contribution in [0.5, 0.6) is 0 Å². The molecule has 0 aliphatic carbocycles. The molecule has 0 bridgehead atoms. The molecule has 1 saturated heterocycles. The number of carbonyl (C=O) groups excluding carboxylic acids is 1. The third-order valence-electron chi connectivity index (χ3n) is 3.61. The predicted molar refractivity (Wildman–Crippen MR) is 92.6 cm³/mol. The van der Waals surface area contributed by atoms with Crippen LogP contribution in [0.25, 0.3) is 0 Å². The summed E-state index contributed by atoms with van der Waals surface area (Å²) in [6.45, 7) is 7.22. The Morgan fingerprint density at radius 1 is 1.00 bits per heavy atom. The first kappa shape index (κ1) is 20.2. The van der Waals surface area contributed by atoms with Crippen molar-refractivity contribution in [3.8, 4) is 0 Å². The van der Waals surface area contributed by atoms with Gasteiger partial charge in [-0.05, 0) is 26.9 Å². The topological polar surface area (TPSA) is 23.6 Å². The van der Waals surface area contributed by atoms with E-state index in [1.54, 1.807) is 6.08 Å². The zero-order valence-corrected chi connectivity index (χ0v) is 14.7. The Balaban J connectivity index is 0.000000433. The molecule has 124 valence electrons. The van der Waals surface area contributed by atoms with Gasteiger partial charge in [0.25, 0.3) is 0 Å². The number of unbranched alkanes of at least 4 members (excludes halogenated alkanes) is 5. The lowest BCUT2D eigenvalue weighted by Crippen LogP contribution is -2.25. The van der Waals surface area contributed by atoms with Crippen molar-refractivity contribution in [2.24, 2.45) is 0 Å². The maximum absolute atomic E-state index is 11.4. The molecule has 0 aromatic rings. The van der Waals surface area contributed by atoms with E-state index >= 15 is 0 Å². The van der Waals surface area contributed by atoms with E-state index in [1.165, 1.54) is 38.5 Å². The maximum atomic E-state index is 11.4. The van der Waals surface area contributed by atoms with Crippen molar-refractivity contribution in [1.82, 2.24) is 9.80 Å². The molecular formula is C18H36N2O. The van der Waals surface area contributed by atoms with Crippen LogP contribution in [0.15, 0.2) is 12.2 Å². The Morgan fingerprint density at radius 2 is 1.52 bits per heavy atom. The van der Waals surface area contributed by atoms with Crippen LogP contribution in [0, 0.1) is 0 Å². The number of rotatable bonds is 8. The molecule has 0 unspecified atom stereocenters. The maximum Gasteiger partial charge on any atom is 0.246 e. The zero-order chi connectivity index (χ0) is 15.9. The summed E-state index contributed by atoms with van der Waals surface area (Å²) in [5.74, 6) is 0.166. The number of amides is 1. The van der Waals surface area contributed by atoms with Crippen LogP contribution >= 0.6 is 0 Å². The van der Waals surface area contributed by atoms with E-state index in [2.05, 4.69) is 13.8 Å². The first-order chi connectivity index (χ1) is 10.1. The Bertz CT molecular complexity index is 262. The highest BCUT2D eigenvalue weighted by Gasteiger charge is 2.14. The highest BCUT2D eigenvalue weighted by atomic mass is 16.2. The average molecular weight is 296 g/mol. The monoisotopic (exact) mass is 296 g/mol. The zero-order valence-electron chi connectivity index (χ0n) is 14.7. The summed E-state index contributed by atoms with van der Waals surface area (Å²) in [7, 11) is 3.98. The lowest BCUT2D eigenvalue weighted by Gasteiger charge is -2.12. The Kier molecular flexibility index (Phi) is 13.6. The van der Waals surface area contributed by atoms with Crippen molar-refractivity contribution in [2.75, 3.05) is 33.7 Å². The van der Waals surface area contributed by atoms with Crippen molar-refractivity contribution in [3.05, 3.63) is 12.2 Å². The number of likely N-dealkylation sites (N-methyl/N-ethyl adjacent to an activating group) is 1. The van der Waals surface area contributed by atoms with Crippen LogP contribution in [0.4, 0.5) is 0 Å². The van der Waals surface area contributed by atoms with E-state index in [9.17, 15) is 4.79 Å². The number of likely N-dealkylation sites (tertiary alicyclic amines) is 1. The summed E-state index contributed by atoms with van der Waals surface area (Å²) in [5.41, 5.74) is 0. The van der Waals surface area contributed by atoms with Gasteiger partial charge in [0, 0.05) is 25.7 Å². The van der Waals surface area contributed by atoms with Gasteiger partial charge in [-0.3, -0.25) is 4.79 Å². The van der Waals surface area contributed by atoms with Gasteiger partial charge in [0.05, 0.1) is 0 Å². The summed E-state index contributed by atoms with van der Waals surface area (Å²) in [5, 5.41) is 0. The molecule has 1 fully saturated rings. The smallest absolute Gasteiger partial charge is 0.246 e. The largest absolute Gasteiger partial charge is 0.339 e. The first-order valence-electron chi connectivity index (χ1n) is 8.72. The normalized spacial score (nSPS) is 14.6. The molecule has 0 spiro atoms. The average Bonchev–Trinajstić information content (AvgIpc) is 2.98. The van der Waals surface area contributed by atoms with Crippen LogP contribution in [0.2, 0.25) is 0 Å². The van der Waals surface area contributed by atoms with Crippen LogP contribution < -0.4 is 0 Å². The van der Waals surface area contributed by atoms with Gasteiger partial charge in [-0.2, -0.15) is 0 Å². The van der Waals surface area contributed by atoms with Gasteiger partial charge in [0.1, 0.15) is 0 Å². The highest BCUT2D eigenvalue weighted by Crippen LogP contribution is 2.07. The first-order valence-corrected chi connectivity index (χ1v) is 8.72. The molecule has 1 aliphatic heterocycles. The summed E-state index contributed by atoms with van der Waals surface area (Å²) < 4.78 is 0. The van der Waals surface area contributed by atoms with E-state index in [1.807, 2.05) is 30.0 Å². The van der Waals surface area contributed by atoms with Crippen molar-refractivity contribution in [1.29, 1.82) is 0 Å². The molecule has 0 saturated carbocycles. The minimum atomic E-state index is 0.166. The summed E-state index contributed by atoms with van der Waals surface area (Å²) in [6, 6.07) is 0. The fourth-order valence-corrected chi connectivity index (χ4v) is 2.26. The predicted octanol–water partition coefficient (Wildman–Crippen LogP) is 4.09. The van der Waals surface area contributed by atoms with Gasteiger partial charge in [0.2, 0.25) is 5.91 Å². The van der Waals surface area contributed by atoms with Gasteiger partial charge in [-0.1, -0.05) is 58.4 Å². The van der Waals surface area contributed by atoms with Crippen LogP contribution in [-0.2, 0) is 4.79 Å². The molecular weight excluding hydrogens is 260 g/mol. The molecule has 3 nitrogen and oxygen atoms in total. The molecule has 1 heterocycles. The lowest BCUT2D eigenvalue weighted by atomic mass is 10.1. The van der Waals surface area contributed by atoms with Gasteiger partial charge in [0.15, 0.2) is 0 Å². The van der Waals surface area contributed by atoms with Gasteiger partial charge in [-0.15, -0.1) is 0 Å². The lowest BCUT2D eigenvalue weighted by molar-refractivity contribution is -0.125. The second-order valence-corrected chi connectivity index (χ2v) is 6.11. The summed E-state index contributed by atoms with van der Waals surface area (Å²) >= 11 is 0. The van der Waals surface area contributed by atoms with Gasteiger partial charge in [-0.25, -0.2) is 0 Å². The Hall–Kier alpha value is -0.830. The number of hydrogen-bond donors (Lipinski definition) is 0. The molecule has 1 rings (SSSR count). The quantitative estimate of drug-likeness (QED) is 0.497. The molecule has 0 atom stereocenters. The standard InChI is InChI=1S/C10H18N2O.C8H18/c1-11(2)7-5-6-10(13)12-8-3-4-9-12;1-3-5-7-8-6-4-2/h5-6H,3-4,7-9H2,1-2H3;3-8H2,1-2H3/b6-5+;. The van der Waals surface area contributed by atoms with Crippen LogP contribution in [-0.4, -0.2) is 49.4 Å². The van der Waals surface area contributed by atoms with Crippen molar-refractivity contribution < 1.29 is 4.79 Å². The summed E-state index contributed by atoms with van der Waals surface area (Å²) in [4.78, 5) is 15.4. The van der Waals surface area contributed by atoms with E-state index in [0.717, 1.165) is 32.5 Å². The SMILES string of the molecule is CCCCCCCC.CN(C)C/C=C/C(=O)N1CCCC1. The van der Waals surface area contributed by atoms with Crippen molar-refractivity contribution in [3.63, 3.8) is 0 Å². The van der Waals surface area contributed by atoms with Crippen LogP contribution in [0.1, 0.15) is 65.2 Å². The van der Waals surface area contributed by atoms with E-state index < -0.39 is 0 Å². The van der Waals surface area contributed by atoms with E-state index in [4.69, 9.17) is 0 Å². The minimum absolute atomic E-state index is 0.166. The molecule has 0 radical (unpaired) electrons. The number of hydrogen-bond acceptors (Lipinski definition) is 2. The molecule has 21 heavy (non-hydrogen) atoms. The number of nitrogens with zero attached hydrogens (tertiary/aromatic N) is 2. The molecule has 1 amide bonds. The minimum Gasteiger partial charge on any atom is -0.339 e. The molecule has 3 heteroatoms. The number of carbonyl (C=O) groups is 1. The van der Waals surface area contributed by atoms with Crippen LogP contribution in [0.3, 0.4) is 0 Å². The molecule has 1 aliphatic rings. The molecule has 0 aromatic carbocycles. The second kappa shape index (κ2) is 14.1. The molecule has 0 aromatic heterocycles. The van der Waals surface area contributed by atoms with E-state index in [-0.39, 0.29) is 5.91 Å². The van der Waals surface area contributed by atoms with Crippen molar-refractivity contribution >= 4 is 5.91 Å². The van der Waals surface area contributed by atoms with Gasteiger partial charge < -0.3 is 9.80 Å². The van der Waals surface area contributed by atoms with Gasteiger partial charge >= 0.3 is 0 Å². The second-order valence-electron chi connectivity index (χ2n) is 6.11. The van der Waals surface area contributed by atoms with E-state index in [0.29, 0.717) is 0 Å². The molecule has 0 N–H and O–H groups in total. The fraction of sp³-hybridized carbons (Fsp3) is 0.833. The van der Waals surface area contributed by atoms with Crippen molar-refractivity contribution in [2.45, 2.75) is 65.2 Å². The Morgan fingerprint density at radius 3 is 1.95 bits per heavy atom. The third kappa shape index (κ3) is 12.6. The third-order valence-corrected chi connectivity index (χ3v) is 3.61. The summed E-state index contributed by atoms with van der Waals surface area (Å²) in [6.07, 6.45) is 14.4. The Labute approximate surface area is 132 Å². The highest BCUT2D eigenvalue weighted by molar-refractivity contribution is 5.87. The fourth-order valence-electron chi connectivity index (χ4n) is 2.26.